The molecule has 0 N–H and O–H groups in total. The number of amides is 1. The molecule has 31 heavy (non-hydrogen) atoms. The molecule has 7 heteroatoms. The summed E-state index contributed by atoms with van der Waals surface area (Å²) in [5.74, 6) is 1.70. The van der Waals surface area contributed by atoms with E-state index in [0.29, 0.717) is 25.3 Å². The van der Waals surface area contributed by atoms with E-state index in [4.69, 9.17) is 4.74 Å². The Bertz CT molecular complexity index is 969. The van der Waals surface area contributed by atoms with E-state index in [2.05, 4.69) is 27.0 Å². The summed E-state index contributed by atoms with van der Waals surface area (Å²) in [6, 6.07) is 15.2. The van der Waals surface area contributed by atoms with Gasteiger partial charge < -0.3 is 14.5 Å². The number of unbranched alkanes of at least 4 members (excludes halogenated alkanes) is 1. The van der Waals surface area contributed by atoms with Crippen LogP contribution in [0.15, 0.2) is 60.9 Å². The van der Waals surface area contributed by atoms with Crippen molar-refractivity contribution in [3.8, 4) is 17.0 Å². The fourth-order valence-corrected chi connectivity index (χ4v) is 3.52. The molecule has 0 saturated carbocycles. The van der Waals surface area contributed by atoms with E-state index in [1.54, 1.807) is 12.4 Å². The Morgan fingerprint density at radius 3 is 2.32 bits per heavy atom. The molecule has 1 fully saturated rings. The van der Waals surface area contributed by atoms with Crippen LogP contribution in [0.25, 0.3) is 11.3 Å². The quantitative estimate of drug-likeness (QED) is 0.546. The van der Waals surface area contributed by atoms with Crippen LogP contribution < -0.4 is 9.64 Å². The zero-order chi connectivity index (χ0) is 21.5. The van der Waals surface area contributed by atoms with Gasteiger partial charge in [-0.25, -0.2) is 0 Å². The Morgan fingerprint density at radius 1 is 0.935 bits per heavy atom. The molecule has 0 radical (unpaired) electrons. The van der Waals surface area contributed by atoms with Crippen LogP contribution in [0.1, 0.15) is 30.1 Å². The third kappa shape index (κ3) is 5.17. The van der Waals surface area contributed by atoms with Gasteiger partial charge in [-0.15, -0.1) is 10.2 Å². The van der Waals surface area contributed by atoms with Crippen LogP contribution in [-0.2, 0) is 0 Å². The summed E-state index contributed by atoms with van der Waals surface area (Å²) >= 11 is 0. The maximum atomic E-state index is 12.8. The minimum absolute atomic E-state index is 0.0545. The first-order valence-electron chi connectivity index (χ1n) is 10.8. The molecule has 3 aromatic rings. The van der Waals surface area contributed by atoms with Crippen molar-refractivity contribution in [1.29, 1.82) is 0 Å². The van der Waals surface area contributed by atoms with Crippen molar-refractivity contribution >= 4 is 11.7 Å². The smallest absolute Gasteiger partial charge is 0.253 e. The van der Waals surface area contributed by atoms with E-state index >= 15 is 0 Å². The number of carbonyl (C=O) groups excluding carboxylic acids is 1. The van der Waals surface area contributed by atoms with Gasteiger partial charge in [-0.05, 0) is 55.0 Å². The highest BCUT2D eigenvalue weighted by atomic mass is 16.5. The molecule has 1 aliphatic heterocycles. The molecule has 3 heterocycles. The average molecular weight is 418 g/mol. The number of aromatic nitrogens is 3. The normalized spacial score (nSPS) is 13.8. The Morgan fingerprint density at radius 2 is 1.68 bits per heavy atom. The molecule has 1 aromatic carbocycles. The topological polar surface area (TPSA) is 71.5 Å². The van der Waals surface area contributed by atoms with Crippen molar-refractivity contribution in [2.45, 2.75) is 19.8 Å². The SMILES string of the molecule is CCCCOc1ccc(C(=O)N2CCN(c3ccc(-c4ccncc4)nn3)CC2)cc1. The van der Waals surface area contributed by atoms with Crippen LogP contribution in [0.5, 0.6) is 5.75 Å². The summed E-state index contributed by atoms with van der Waals surface area (Å²) in [5, 5.41) is 8.73. The van der Waals surface area contributed by atoms with Gasteiger partial charge in [0.1, 0.15) is 5.75 Å². The average Bonchev–Trinajstić information content (AvgIpc) is 2.85. The molecule has 1 amide bonds. The van der Waals surface area contributed by atoms with Crippen molar-refractivity contribution < 1.29 is 9.53 Å². The van der Waals surface area contributed by atoms with Gasteiger partial charge in [0.2, 0.25) is 0 Å². The van der Waals surface area contributed by atoms with Crippen LogP contribution in [-0.4, -0.2) is 58.8 Å². The standard InChI is InChI=1S/C24H27N5O2/c1-2-3-18-31-21-6-4-20(5-7-21)24(30)29-16-14-28(15-17-29)23-9-8-22(26-27-23)19-10-12-25-13-11-19/h4-13H,2-3,14-18H2,1H3. The lowest BCUT2D eigenvalue weighted by Crippen LogP contribution is -2.49. The second-order valence-corrected chi connectivity index (χ2v) is 7.52. The lowest BCUT2D eigenvalue weighted by atomic mass is 10.1. The van der Waals surface area contributed by atoms with Gasteiger partial charge >= 0.3 is 0 Å². The number of benzene rings is 1. The van der Waals surface area contributed by atoms with E-state index in [0.717, 1.165) is 48.8 Å². The van der Waals surface area contributed by atoms with Crippen molar-refractivity contribution in [2.75, 3.05) is 37.7 Å². The number of rotatable bonds is 7. The molecule has 4 rings (SSSR count). The van der Waals surface area contributed by atoms with E-state index in [9.17, 15) is 4.79 Å². The first-order valence-corrected chi connectivity index (χ1v) is 10.8. The lowest BCUT2D eigenvalue weighted by molar-refractivity contribution is 0.0746. The highest BCUT2D eigenvalue weighted by Gasteiger charge is 2.23. The molecule has 0 bridgehead atoms. The number of pyridine rings is 1. The minimum atomic E-state index is 0.0545. The van der Waals surface area contributed by atoms with Gasteiger partial charge in [0.25, 0.3) is 5.91 Å². The lowest BCUT2D eigenvalue weighted by Gasteiger charge is -2.35. The predicted molar refractivity (Wildman–Crippen MR) is 120 cm³/mol. The molecule has 7 nitrogen and oxygen atoms in total. The largest absolute Gasteiger partial charge is 0.494 e. The van der Waals surface area contributed by atoms with Gasteiger partial charge in [-0.2, -0.15) is 0 Å². The molecule has 1 aliphatic rings. The summed E-state index contributed by atoms with van der Waals surface area (Å²) in [7, 11) is 0. The number of carbonyl (C=O) groups is 1. The molecule has 1 saturated heterocycles. The monoisotopic (exact) mass is 417 g/mol. The molecule has 0 aliphatic carbocycles. The number of piperazine rings is 1. The Labute approximate surface area is 182 Å². The summed E-state index contributed by atoms with van der Waals surface area (Å²) in [6.45, 7) is 5.61. The predicted octanol–water partition coefficient (Wildman–Crippen LogP) is 3.68. The fraction of sp³-hybridized carbons (Fsp3) is 0.333. The van der Waals surface area contributed by atoms with E-state index in [1.165, 1.54) is 0 Å². The summed E-state index contributed by atoms with van der Waals surface area (Å²) in [6.07, 6.45) is 5.62. The van der Waals surface area contributed by atoms with Crippen LogP contribution in [0.2, 0.25) is 0 Å². The van der Waals surface area contributed by atoms with Crippen molar-refractivity contribution in [3.63, 3.8) is 0 Å². The van der Waals surface area contributed by atoms with E-state index in [1.807, 2.05) is 53.4 Å². The van der Waals surface area contributed by atoms with Gasteiger partial charge in [-0.1, -0.05) is 13.3 Å². The number of nitrogens with zero attached hydrogens (tertiary/aromatic N) is 5. The van der Waals surface area contributed by atoms with Crippen LogP contribution >= 0.6 is 0 Å². The highest BCUT2D eigenvalue weighted by molar-refractivity contribution is 5.94. The minimum Gasteiger partial charge on any atom is -0.494 e. The second-order valence-electron chi connectivity index (χ2n) is 7.52. The molecule has 2 aromatic heterocycles. The van der Waals surface area contributed by atoms with Gasteiger partial charge in [0, 0.05) is 49.7 Å². The molecule has 0 unspecified atom stereocenters. The zero-order valence-corrected chi connectivity index (χ0v) is 17.8. The Kier molecular flexibility index (Phi) is 6.72. The number of hydrogen-bond acceptors (Lipinski definition) is 6. The van der Waals surface area contributed by atoms with E-state index in [-0.39, 0.29) is 5.91 Å². The van der Waals surface area contributed by atoms with E-state index < -0.39 is 0 Å². The zero-order valence-electron chi connectivity index (χ0n) is 17.8. The molecule has 0 spiro atoms. The maximum Gasteiger partial charge on any atom is 0.253 e. The van der Waals surface area contributed by atoms with Crippen LogP contribution in [0, 0.1) is 0 Å². The molecular weight excluding hydrogens is 390 g/mol. The third-order valence-corrected chi connectivity index (χ3v) is 5.39. The summed E-state index contributed by atoms with van der Waals surface area (Å²) in [4.78, 5) is 20.9. The maximum absolute atomic E-state index is 12.8. The number of anilines is 1. The van der Waals surface area contributed by atoms with Crippen LogP contribution in [0.4, 0.5) is 5.82 Å². The van der Waals surface area contributed by atoms with Gasteiger partial charge in [-0.3, -0.25) is 9.78 Å². The Hall–Kier alpha value is -3.48. The Balaban J connectivity index is 1.31. The third-order valence-electron chi connectivity index (χ3n) is 5.39. The van der Waals surface area contributed by atoms with Gasteiger partial charge in [0.15, 0.2) is 5.82 Å². The number of hydrogen-bond donors (Lipinski definition) is 0. The molecule has 160 valence electrons. The van der Waals surface area contributed by atoms with Gasteiger partial charge in [0.05, 0.1) is 12.3 Å². The van der Waals surface area contributed by atoms with Crippen molar-refractivity contribution in [3.05, 3.63) is 66.5 Å². The first kappa shape index (κ1) is 20.8. The van der Waals surface area contributed by atoms with Crippen LogP contribution in [0.3, 0.4) is 0 Å². The van der Waals surface area contributed by atoms with Crippen molar-refractivity contribution in [2.24, 2.45) is 0 Å². The molecular formula is C24H27N5O2. The summed E-state index contributed by atoms with van der Waals surface area (Å²) < 4.78 is 5.68. The first-order chi connectivity index (χ1) is 15.2. The number of ether oxygens (including phenoxy) is 1. The second kappa shape index (κ2) is 10.0. The summed E-state index contributed by atoms with van der Waals surface area (Å²) in [5.41, 5.74) is 2.51. The highest BCUT2D eigenvalue weighted by Crippen LogP contribution is 2.20. The molecule has 0 atom stereocenters. The fourth-order valence-electron chi connectivity index (χ4n) is 3.52. The van der Waals surface area contributed by atoms with Crippen molar-refractivity contribution in [1.82, 2.24) is 20.1 Å².